The van der Waals surface area contributed by atoms with Crippen molar-refractivity contribution >= 4 is 29.1 Å². The van der Waals surface area contributed by atoms with Gasteiger partial charge in [0.25, 0.3) is 0 Å². The number of hydrogen-bond donors (Lipinski definition) is 1. The summed E-state index contributed by atoms with van der Waals surface area (Å²) in [5, 5.41) is 3.56. The number of amides is 2. The molecule has 2 aliphatic rings. The first-order valence-electron chi connectivity index (χ1n) is 8.68. The number of benzene rings is 1. The van der Waals surface area contributed by atoms with Gasteiger partial charge < -0.3 is 15.0 Å². The summed E-state index contributed by atoms with van der Waals surface area (Å²) >= 11 is 5.94. The van der Waals surface area contributed by atoms with Crippen LogP contribution in [0.25, 0.3) is 0 Å². The summed E-state index contributed by atoms with van der Waals surface area (Å²) in [4.78, 5) is 28.8. The van der Waals surface area contributed by atoms with Gasteiger partial charge in [-0.15, -0.1) is 0 Å². The van der Waals surface area contributed by atoms with Gasteiger partial charge in [-0.3, -0.25) is 14.5 Å². The molecule has 2 amide bonds. The Morgan fingerprint density at radius 3 is 2.80 bits per heavy atom. The van der Waals surface area contributed by atoms with Crippen molar-refractivity contribution in [2.45, 2.75) is 13.3 Å². The molecule has 7 heteroatoms. The number of nitrogens with zero attached hydrogens (tertiary/aromatic N) is 2. The Labute approximate surface area is 153 Å². The molecule has 136 valence electrons. The summed E-state index contributed by atoms with van der Waals surface area (Å²) in [5.41, 5.74) is 1.66. The topological polar surface area (TPSA) is 61.9 Å². The van der Waals surface area contributed by atoms with Crippen LogP contribution in [0.5, 0.6) is 0 Å². The lowest BCUT2D eigenvalue weighted by Crippen LogP contribution is -2.42. The second kappa shape index (κ2) is 8.17. The Morgan fingerprint density at radius 1 is 1.32 bits per heavy atom. The molecule has 0 aromatic heterocycles. The van der Waals surface area contributed by atoms with Crippen molar-refractivity contribution in [3.05, 3.63) is 28.8 Å². The van der Waals surface area contributed by atoms with E-state index in [-0.39, 0.29) is 24.2 Å². The predicted molar refractivity (Wildman–Crippen MR) is 96.8 cm³/mol. The third-order valence-corrected chi connectivity index (χ3v) is 5.06. The van der Waals surface area contributed by atoms with Crippen LogP contribution in [0.1, 0.15) is 12.0 Å². The summed E-state index contributed by atoms with van der Waals surface area (Å²) in [7, 11) is 0. The molecular formula is C18H24ClN3O3. The molecule has 3 rings (SSSR count). The lowest BCUT2D eigenvalue weighted by molar-refractivity contribution is -0.128. The van der Waals surface area contributed by atoms with E-state index in [1.165, 1.54) is 0 Å². The third kappa shape index (κ3) is 4.71. The van der Waals surface area contributed by atoms with E-state index in [0.717, 1.165) is 44.1 Å². The van der Waals surface area contributed by atoms with Crippen molar-refractivity contribution in [1.29, 1.82) is 0 Å². The minimum Gasteiger partial charge on any atom is -0.379 e. The van der Waals surface area contributed by atoms with Gasteiger partial charge in [0.05, 0.1) is 19.1 Å². The summed E-state index contributed by atoms with van der Waals surface area (Å²) in [6, 6.07) is 5.35. The van der Waals surface area contributed by atoms with Crippen molar-refractivity contribution in [2.75, 3.05) is 51.3 Å². The first-order chi connectivity index (χ1) is 12.0. The fourth-order valence-corrected chi connectivity index (χ4v) is 3.48. The smallest absolute Gasteiger partial charge is 0.229 e. The Morgan fingerprint density at radius 2 is 2.08 bits per heavy atom. The zero-order chi connectivity index (χ0) is 17.8. The molecule has 1 aromatic carbocycles. The number of anilines is 1. The number of halogens is 1. The van der Waals surface area contributed by atoms with Gasteiger partial charge in [0, 0.05) is 49.9 Å². The third-order valence-electron chi connectivity index (χ3n) is 4.82. The van der Waals surface area contributed by atoms with Crippen LogP contribution < -0.4 is 5.32 Å². The number of aryl methyl sites for hydroxylation is 1. The standard InChI is InChI=1S/C18H24ClN3O3/c1-13-10-15(19)2-3-16(13)20-18(24)14-11-17(23)22(12-14)5-4-21-6-8-25-9-7-21/h2-3,10,14H,4-9,11-12H2,1H3,(H,20,24). The lowest BCUT2D eigenvalue weighted by Gasteiger charge is -2.28. The fourth-order valence-electron chi connectivity index (χ4n) is 3.25. The molecule has 2 fully saturated rings. The van der Waals surface area contributed by atoms with Crippen LogP contribution in [-0.2, 0) is 14.3 Å². The van der Waals surface area contributed by atoms with Gasteiger partial charge in [0.2, 0.25) is 11.8 Å². The zero-order valence-electron chi connectivity index (χ0n) is 14.5. The van der Waals surface area contributed by atoms with Crippen LogP contribution in [-0.4, -0.2) is 67.6 Å². The van der Waals surface area contributed by atoms with E-state index >= 15 is 0 Å². The van der Waals surface area contributed by atoms with Gasteiger partial charge in [-0.1, -0.05) is 11.6 Å². The summed E-state index contributed by atoms with van der Waals surface area (Å²) in [6.07, 6.45) is 0.279. The minimum atomic E-state index is -0.299. The number of carbonyl (C=O) groups excluding carboxylic acids is 2. The summed E-state index contributed by atoms with van der Waals surface area (Å²) < 4.78 is 5.33. The second-order valence-electron chi connectivity index (χ2n) is 6.64. The quantitative estimate of drug-likeness (QED) is 0.863. The Hall–Kier alpha value is -1.63. The first kappa shape index (κ1) is 18.2. The fraction of sp³-hybridized carbons (Fsp3) is 0.556. The average molecular weight is 366 g/mol. The highest BCUT2D eigenvalue weighted by Crippen LogP contribution is 2.23. The monoisotopic (exact) mass is 365 g/mol. The lowest BCUT2D eigenvalue weighted by atomic mass is 10.1. The van der Waals surface area contributed by atoms with E-state index in [9.17, 15) is 9.59 Å². The molecule has 6 nitrogen and oxygen atoms in total. The number of hydrogen-bond acceptors (Lipinski definition) is 4. The van der Waals surface area contributed by atoms with Crippen LogP contribution in [0.15, 0.2) is 18.2 Å². The van der Waals surface area contributed by atoms with Gasteiger partial charge in [-0.25, -0.2) is 0 Å². The van der Waals surface area contributed by atoms with E-state index in [1.54, 1.807) is 17.0 Å². The van der Waals surface area contributed by atoms with E-state index in [0.29, 0.717) is 18.1 Å². The molecule has 1 unspecified atom stereocenters. The number of nitrogens with one attached hydrogen (secondary N) is 1. The maximum atomic E-state index is 12.5. The van der Waals surface area contributed by atoms with Crippen LogP contribution in [0, 0.1) is 12.8 Å². The van der Waals surface area contributed by atoms with E-state index < -0.39 is 0 Å². The molecule has 0 spiro atoms. The minimum absolute atomic E-state index is 0.0567. The maximum Gasteiger partial charge on any atom is 0.229 e. The highest BCUT2D eigenvalue weighted by Gasteiger charge is 2.34. The molecular weight excluding hydrogens is 342 g/mol. The molecule has 0 aliphatic carbocycles. The van der Waals surface area contributed by atoms with Crippen LogP contribution in [0.3, 0.4) is 0 Å². The number of carbonyl (C=O) groups is 2. The van der Waals surface area contributed by atoms with E-state index in [1.807, 2.05) is 13.0 Å². The Kier molecular flexibility index (Phi) is 5.93. The largest absolute Gasteiger partial charge is 0.379 e. The molecule has 25 heavy (non-hydrogen) atoms. The van der Waals surface area contributed by atoms with Crippen molar-refractivity contribution in [2.24, 2.45) is 5.92 Å². The zero-order valence-corrected chi connectivity index (χ0v) is 15.2. The number of likely N-dealkylation sites (tertiary alicyclic amines) is 1. The number of rotatable bonds is 5. The van der Waals surface area contributed by atoms with E-state index in [2.05, 4.69) is 10.2 Å². The molecule has 2 heterocycles. The predicted octanol–water partition coefficient (Wildman–Crippen LogP) is 1.77. The average Bonchev–Trinajstić information content (AvgIpc) is 2.97. The molecule has 0 bridgehead atoms. The molecule has 2 saturated heterocycles. The van der Waals surface area contributed by atoms with Gasteiger partial charge in [0.1, 0.15) is 0 Å². The van der Waals surface area contributed by atoms with Gasteiger partial charge in [-0.05, 0) is 30.7 Å². The first-order valence-corrected chi connectivity index (χ1v) is 9.05. The molecule has 0 saturated carbocycles. The molecule has 1 N–H and O–H groups in total. The highest BCUT2D eigenvalue weighted by molar-refractivity contribution is 6.30. The van der Waals surface area contributed by atoms with E-state index in [4.69, 9.17) is 16.3 Å². The molecule has 0 radical (unpaired) electrons. The highest BCUT2D eigenvalue weighted by atomic mass is 35.5. The SMILES string of the molecule is Cc1cc(Cl)ccc1NC(=O)C1CC(=O)N(CCN2CCOCC2)C1. The number of morpholine rings is 1. The Bertz CT molecular complexity index is 646. The van der Waals surface area contributed by atoms with Crippen LogP contribution in [0.2, 0.25) is 5.02 Å². The van der Waals surface area contributed by atoms with Gasteiger partial charge >= 0.3 is 0 Å². The number of ether oxygens (including phenoxy) is 1. The summed E-state index contributed by atoms with van der Waals surface area (Å²) in [5.74, 6) is -0.346. The molecule has 1 atom stereocenters. The normalized spacial score (nSPS) is 21.6. The molecule has 1 aromatic rings. The van der Waals surface area contributed by atoms with Crippen LogP contribution in [0.4, 0.5) is 5.69 Å². The molecule has 2 aliphatic heterocycles. The van der Waals surface area contributed by atoms with Crippen LogP contribution >= 0.6 is 11.6 Å². The van der Waals surface area contributed by atoms with Crippen molar-refractivity contribution in [1.82, 2.24) is 9.80 Å². The van der Waals surface area contributed by atoms with Crippen molar-refractivity contribution < 1.29 is 14.3 Å². The maximum absolute atomic E-state index is 12.5. The van der Waals surface area contributed by atoms with Crippen molar-refractivity contribution in [3.8, 4) is 0 Å². The van der Waals surface area contributed by atoms with Gasteiger partial charge in [0.15, 0.2) is 0 Å². The van der Waals surface area contributed by atoms with Gasteiger partial charge in [-0.2, -0.15) is 0 Å². The Balaban J connectivity index is 1.51. The summed E-state index contributed by atoms with van der Waals surface area (Å²) in [6.45, 7) is 7.20. The van der Waals surface area contributed by atoms with Crippen molar-refractivity contribution in [3.63, 3.8) is 0 Å². The second-order valence-corrected chi connectivity index (χ2v) is 7.08.